The van der Waals surface area contributed by atoms with Crippen LogP contribution in [0, 0.1) is 19.7 Å². The Morgan fingerprint density at radius 1 is 1.18 bits per heavy atom. The number of hydrogen-bond donors (Lipinski definition) is 0. The molecular weight excluding hydrogens is 361 g/mol. The number of rotatable bonds is 7. The van der Waals surface area contributed by atoms with Gasteiger partial charge in [0.05, 0.1) is 5.56 Å². The van der Waals surface area contributed by atoms with E-state index in [9.17, 15) is 9.18 Å². The summed E-state index contributed by atoms with van der Waals surface area (Å²) in [5.74, 6) is 0.640. The lowest BCUT2D eigenvalue weighted by Gasteiger charge is -2.16. The average molecular weight is 383 g/mol. The van der Waals surface area contributed by atoms with Gasteiger partial charge in [-0.25, -0.2) is 4.39 Å². The quantitative estimate of drug-likeness (QED) is 0.622. The van der Waals surface area contributed by atoms with Crippen molar-refractivity contribution in [3.63, 3.8) is 0 Å². The molecule has 28 heavy (non-hydrogen) atoms. The molecule has 2 aromatic carbocycles. The summed E-state index contributed by atoms with van der Waals surface area (Å²) in [7, 11) is 1.61. The molecule has 1 aromatic heterocycles. The van der Waals surface area contributed by atoms with E-state index < -0.39 is 5.82 Å². The lowest BCUT2D eigenvalue weighted by atomic mass is 10.1. The van der Waals surface area contributed by atoms with Crippen molar-refractivity contribution in [2.75, 3.05) is 13.6 Å². The van der Waals surface area contributed by atoms with Crippen molar-refractivity contribution in [2.24, 2.45) is 0 Å². The lowest BCUT2D eigenvalue weighted by Crippen LogP contribution is -2.29. The monoisotopic (exact) mass is 383 g/mol. The number of aromatic nitrogens is 2. The highest BCUT2D eigenvalue weighted by Gasteiger charge is 2.16. The number of ether oxygens (including phenoxy) is 1. The standard InChI is InChI=1S/C21H22FN3O3/c1-14-10-15(2)12-16(11-14)27-13-20-23-19(24-28-20)8-9-25(3)21(26)17-6-4-5-7-18(17)22/h4-7,10-12H,8-9,13H2,1-3H3. The third-order valence-electron chi connectivity index (χ3n) is 4.19. The molecular formula is C21H22FN3O3. The number of halogens is 1. The van der Waals surface area contributed by atoms with Gasteiger partial charge in [0, 0.05) is 20.0 Å². The molecule has 7 heteroatoms. The highest BCUT2D eigenvalue weighted by atomic mass is 19.1. The Morgan fingerprint density at radius 2 is 1.89 bits per heavy atom. The number of likely N-dealkylation sites (N-methyl/N-ethyl adjacent to an activating group) is 1. The second-order valence-corrected chi connectivity index (χ2v) is 6.67. The van der Waals surface area contributed by atoms with Crippen molar-refractivity contribution in [2.45, 2.75) is 26.9 Å². The van der Waals surface area contributed by atoms with E-state index in [0.29, 0.717) is 24.7 Å². The average Bonchev–Trinajstić information content (AvgIpc) is 3.11. The maximum Gasteiger partial charge on any atom is 0.264 e. The van der Waals surface area contributed by atoms with Crippen molar-refractivity contribution in [1.82, 2.24) is 15.0 Å². The van der Waals surface area contributed by atoms with Crippen molar-refractivity contribution in [3.05, 3.63) is 76.7 Å². The minimum absolute atomic E-state index is 0.0423. The van der Waals surface area contributed by atoms with Crippen LogP contribution < -0.4 is 4.74 Å². The van der Waals surface area contributed by atoms with E-state index in [1.807, 2.05) is 26.0 Å². The maximum atomic E-state index is 13.7. The van der Waals surface area contributed by atoms with Crippen LogP contribution in [0.4, 0.5) is 4.39 Å². The molecule has 6 nitrogen and oxygen atoms in total. The van der Waals surface area contributed by atoms with Gasteiger partial charge in [-0.15, -0.1) is 0 Å². The molecule has 0 saturated carbocycles. The predicted octanol–water partition coefficient (Wildman–Crippen LogP) is 3.72. The van der Waals surface area contributed by atoms with Crippen LogP contribution >= 0.6 is 0 Å². The van der Waals surface area contributed by atoms with Crippen LogP contribution in [-0.2, 0) is 13.0 Å². The maximum absolute atomic E-state index is 13.7. The summed E-state index contributed by atoms with van der Waals surface area (Å²) in [6.07, 6.45) is 0.393. The third-order valence-corrected chi connectivity index (χ3v) is 4.19. The first-order valence-electron chi connectivity index (χ1n) is 8.95. The van der Waals surface area contributed by atoms with Crippen molar-refractivity contribution in [1.29, 1.82) is 0 Å². The molecule has 0 N–H and O–H groups in total. The van der Waals surface area contributed by atoms with E-state index in [1.54, 1.807) is 19.2 Å². The van der Waals surface area contributed by atoms with E-state index in [-0.39, 0.29) is 18.1 Å². The first-order chi connectivity index (χ1) is 13.4. The molecule has 146 valence electrons. The Balaban J connectivity index is 1.53. The zero-order chi connectivity index (χ0) is 20.1. The topological polar surface area (TPSA) is 68.5 Å². The molecule has 1 heterocycles. The molecule has 0 bridgehead atoms. The van der Waals surface area contributed by atoms with Gasteiger partial charge in [-0.3, -0.25) is 4.79 Å². The van der Waals surface area contributed by atoms with Crippen LogP contribution in [0.15, 0.2) is 47.0 Å². The van der Waals surface area contributed by atoms with Gasteiger partial charge >= 0.3 is 0 Å². The summed E-state index contributed by atoms with van der Waals surface area (Å²) in [5.41, 5.74) is 2.27. The fourth-order valence-corrected chi connectivity index (χ4v) is 2.82. The van der Waals surface area contributed by atoms with Gasteiger partial charge in [-0.1, -0.05) is 23.4 Å². The van der Waals surface area contributed by atoms with Gasteiger partial charge in [0.25, 0.3) is 11.8 Å². The molecule has 0 aliphatic carbocycles. The van der Waals surface area contributed by atoms with Gasteiger partial charge in [0.15, 0.2) is 12.4 Å². The van der Waals surface area contributed by atoms with Gasteiger partial charge in [0.2, 0.25) is 0 Å². The fraction of sp³-hybridized carbons (Fsp3) is 0.286. The number of nitrogens with zero attached hydrogens (tertiary/aromatic N) is 3. The smallest absolute Gasteiger partial charge is 0.264 e. The van der Waals surface area contributed by atoms with Crippen molar-refractivity contribution >= 4 is 5.91 Å². The summed E-state index contributed by atoms with van der Waals surface area (Å²) in [5, 5.41) is 3.91. The minimum Gasteiger partial charge on any atom is -0.484 e. The van der Waals surface area contributed by atoms with Crippen LogP contribution in [0.2, 0.25) is 0 Å². The molecule has 0 aliphatic heterocycles. The lowest BCUT2D eigenvalue weighted by molar-refractivity contribution is 0.0791. The number of hydrogen-bond acceptors (Lipinski definition) is 5. The molecule has 0 aliphatic rings. The number of amides is 1. The molecule has 0 fully saturated rings. The molecule has 0 radical (unpaired) electrons. The number of benzene rings is 2. The van der Waals surface area contributed by atoms with E-state index in [1.165, 1.54) is 17.0 Å². The van der Waals surface area contributed by atoms with Gasteiger partial charge in [-0.2, -0.15) is 4.98 Å². The summed E-state index contributed by atoms with van der Waals surface area (Å²) >= 11 is 0. The van der Waals surface area contributed by atoms with E-state index in [0.717, 1.165) is 16.9 Å². The van der Waals surface area contributed by atoms with Crippen LogP contribution in [0.1, 0.15) is 33.2 Å². The number of aryl methyl sites for hydroxylation is 2. The Hall–Kier alpha value is -3.22. The Kier molecular flexibility index (Phi) is 6.03. The zero-order valence-electron chi connectivity index (χ0n) is 16.1. The van der Waals surface area contributed by atoms with E-state index in [4.69, 9.17) is 9.26 Å². The first kappa shape index (κ1) is 19.5. The summed E-state index contributed by atoms with van der Waals surface area (Å²) in [6.45, 7) is 4.51. The van der Waals surface area contributed by atoms with Crippen LogP contribution in [0.5, 0.6) is 5.75 Å². The Bertz CT molecular complexity index is 951. The third kappa shape index (κ3) is 4.94. The molecule has 0 unspecified atom stereocenters. The second-order valence-electron chi connectivity index (χ2n) is 6.67. The molecule has 0 saturated heterocycles. The van der Waals surface area contributed by atoms with Gasteiger partial charge in [0.1, 0.15) is 11.6 Å². The van der Waals surface area contributed by atoms with Gasteiger partial charge in [-0.05, 0) is 49.2 Å². The normalized spacial score (nSPS) is 10.7. The fourth-order valence-electron chi connectivity index (χ4n) is 2.82. The van der Waals surface area contributed by atoms with Crippen molar-refractivity contribution < 1.29 is 18.4 Å². The highest BCUT2D eigenvalue weighted by Crippen LogP contribution is 2.17. The van der Waals surface area contributed by atoms with E-state index >= 15 is 0 Å². The molecule has 3 aromatic rings. The molecule has 0 atom stereocenters. The second kappa shape index (κ2) is 8.65. The van der Waals surface area contributed by atoms with E-state index in [2.05, 4.69) is 16.2 Å². The first-order valence-corrected chi connectivity index (χ1v) is 8.95. The van der Waals surface area contributed by atoms with Crippen molar-refractivity contribution in [3.8, 4) is 5.75 Å². The number of carbonyl (C=O) groups is 1. The summed E-state index contributed by atoms with van der Waals surface area (Å²) in [6, 6.07) is 11.9. The van der Waals surface area contributed by atoms with Crippen LogP contribution in [0.25, 0.3) is 0 Å². The Morgan fingerprint density at radius 3 is 2.61 bits per heavy atom. The summed E-state index contributed by atoms with van der Waals surface area (Å²) in [4.78, 5) is 18.0. The SMILES string of the molecule is Cc1cc(C)cc(OCc2nc(CCN(C)C(=O)c3ccccc3F)no2)c1. The molecule has 0 spiro atoms. The Labute approximate surface area is 162 Å². The predicted molar refractivity (Wildman–Crippen MR) is 102 cm³/mol. The van der Waals surface area contributed by atoms with Gasteiger partial charge < -0.3 is 14.2 Å². The molecule has 1 amide bonds. The largest absolute Gasteiger partial charge is 0.484 e. The minimum atomic E-state index is -0.537. The number of carbonyl (C=O) groups excluding carboxylic acids is 1. The zero-order valence-corrected chi connectivity index (χ0v) is 16.1. The summed E-state index contributed by atoms with van der Waals surface area (Å²) < 4.78 is 24.6. The highest BCUT2D eigenvalue weighted by molar-refractivity contribution is 5.94. The van der Waals surface area contributed by atoms with Crippen LogP contribution in [0.3, 0.4) is 0 Å². The van der Waals surface area contributed by atoms with Crippen LogP contribution in [-0.4, -0.2) is 34.5 Å². The molecule has 3 rings (SSSR count).